The number of aromatic nitrogens is 1. The van der Waals surface area contributed by atoms with Gasteiger partial charge < -0.3 is 10.2 Å². The molecule has 2 amide bonds. The van der Waals surface area contributed by atoms with Crippen LogP contribution in [0.15, 0.2) is 48.5 Å². The Labute approximate surface area is 169 Å². The molecular formula is C22H23N3O2S. The van der Waals surface area contributed by atoms with Crippen LogP contribution in [0.1, 0.15) is 25.8 Å². The van der Waals surface area contributed by atoms with Crippen molar-refractivity contribution < 1.29 is 9.59 Å². The van der Waals surface area contributed by atoms with Gasteiger partial charge in [0.15, 0.2) is 0 Å². The Morgan fingerprint density at radius 2 is 1.79 bits per heavy atom. The SMILES string of the molecule is Cc1ccc(-c2nc(C)sc2CC(=O)Nc2cccc(C(=O)N(C)C)c2)cc1. The Morgan fingerprint density at radius 1 is 1.07 bits per heavy atom. The minimum absolute atomic E-state index is 0.101. The van der Waals surface area contributed by atoms with Crippen LogP contribution in [0.5, 0.6) is 0 Å². The quantitative estimate of drug-likeness (QED) is 0.703. The number of hydrogen-bond acceptors (Lipinski definition) is 4. The van der Waals surface area contributed by atoms with Gasteiger partial charge >= 0.3 is 0 Å². The number of carbonyl (C=O) groups excluding carboxylic acids is 2. The fourth-order valence-corrected chi connectivity index (χ4v) is 3.82. The van der Waals surface area contributed by atoms with Gasteiger partial charge in [-0.3, -0.25) is 9.59 Å². The molecule has 0 aliphatic carbocycles. The summed E-state index contributed by atoms with van der Waals surface area (Å²) in [5.41, 5.74) is 4.19. The van der Waals surface area contributed by atoms with Gasteiger partial charge in [-0.1, -0.05) is 35.9 Å². The zero-order chi connectivity index (χ0) is 20.3. The first-order valence-corrected chi connectivity index (χ1v) is 9.80. The van der Waals surface area contributed by atoms with Crippen molar-refractivity contribution in [1.29, 1.82) is 0 Å². The van der Waals surface area contributed by atoms with Gasteiger partial charge in [-0.2, -0.15) is 0 Å². The maximum atomic E-state index is 12.6. The number of benzene rings is 2. The second-order valence-corrected chi connectivity index (χ2v) is 8.16. The van der Waals surface area contributed by atoms with Gasteiger partial charge in [-0.05, 0) is 32.0 Å². The Hall–Kier alpha value is -2.99. The van der Waals surface area contributed by atoms with Crippen LogP contribution >= 0.6 is 11.3 Å². The highest BCUT2D eigenvalue weighted by molar-refractivity contribution is 7.12. The summed E-state index contributed by atoms with van der Waals surface area (Å²) in [7, 11) is 3.40. The van der Waals surface area contributed by atoms with Crippen LogP contribution in [0, 0.1) is 13.8 Å². The maximum absolute atomic E-state index is 12.6. The first kappa shape index (κ1) is 19.8. The summed E-state index contributed by atoms with van der Waals surface area (Å²) in [6.45, 7) is 3.99. The van der Waals surface area contributed by atoms with Crippen LogP contribution in [0.3, 0.4) is 0 Å². The van der Waals surface area contributed by atoms with E-state index in [1.807, 2.05) is 38.1 Å². The van der Waals surface area contributed by atoms with Crippen LogP contribution in [-0.4, -0.2) is 35.8 Å². The van der Waals surface area contributed by atoms with Gasteiger partial charge in [0.1, 0.15) is 0 Å². The van der Waals surface area contributed by atoms with Crippen molar-refractivity contribution in [1.82, 2.24) is 9.88 Å². The lowest BCUT2D eigenvalue weighted by atomic mass is 10.1. The molecular weight excluding hydrogens is 370 g/mol. The van der Waals surface area contributed by atoms with Crippen LogP contribution in [-0.2, 0) is 11.2 Å². The Kier molecular flexibility index (Phi) is 5.90. The lowest BCUT2D eigenvalue weighted by Crippen LogP contribution is -2.22. The third-order valence-corrected chi connectivity index (χ3v) is 5.22. The molecule has 0 radical (unpaired) electrons. The molecule has 0 saturated heterocycles. The molecule has 0 fully saturated rings. The van der Waals surface area contributed by atoms with Crippen LogP contribution in [0.4, 0.5) is 5.69 Å². The van der Waals surface area contributed by atoms with Gasteiger partial charge in [-0.15, -0.1) is 11.3 Å². The van der Waals surface area contributed by atoms with Crippen molar-refractivity contribution in [2.45, 2.75) is 20.3 Å². The number of nitrogens with zero attached hydrogens (tertiary/aromatic N) is 2. The second kappa shape index (κ2) is 8.35. The zero-order valence-electron chi connectivity index (χ0n) is 16.4. The Balaban J connectivity index is 1.77. The summed E-state index contributed by atoms with van der Waals surface area (Å²) in [5, 5.41) is 3.82. The number of thiazole rings is 1. The third kappa shape index (κ3) is 4.64. The van der Waals surface area contributed by atoms with E-state index in [0.717, 1.165) is 21.1 Å². The minimum atomic E-state index is -0.133. The van der Waals surface area contributed by atoms with E-state index in [1.54, 1.807) is 38.4 Å². The summed E-state index contributed by atoms with van der Waals surface area (Å²) < 4.78 is 0. The van der Waals surface area contributed by atoms with Gasteiger partial charge in [0.25, 0.3) is 5.91 Å². The lowest BCUT2D eigenvalue weighted by Gasteiger charge is -2.11. The Bertz CT molecular complexity index is 1010. The summed E-state index contributed by atoms with van der Waals surface area (Å²) in [4.78, 5) is 31.8. The molecule has 1 aromatic heterocycles. The van der Waals surface area contributed by atoms with Gasteiger partial charge in [-0.25, -0.2) is 4.98 Å². The fraction of sp³-hybridized carbons (Fsp3) is 0.227. The molecule has 6 heteroatoms. The van der Waals surface area contributed by atoms with Gasteiger partial charge in [0, 0.05) is 35.8 Å². The fourth-order valence-electron chi connectivity index (χ4n) is 2.87. The molecule has 2 aromatic carbocycles. The topological polar surface area (TPSA) is 62.3 Å². The zero-order valence-corrected chi connectivity index (χ0v) is 17.3. The molecule has 3 rings (SSSR count). The molecule has 1 heterocycles. The standard InChI is InChI=1S/C22H23N3O2S/c1-14-8-10-16(11-9-14)21-19(28-15(2)23-21)13-20(26)24-18-7-5-6-17(12-18)22(27)25(3)4/h5-12H,13H2,1-4H3,(H,24,26). The summed E-state index contributed by atoms with van der Waals surface area (Å²) in [6, 6.07) is 15.1. The summed E-state index contributed by atoms with van der Waals surface area (Å²) in [6.07, 6.45) is 0.237. The number of rotatable bonds is 5. The highest BCUT2D eigenvalue weighted by Crippen LogP contribution is 2.29. The largest absolute Gasteiger partial charge is 0.345 e. The molecule has 3 aromatic rings. The third-order valence-electron chi connectivity index (χ3n) is 4.25. The van der Waals surface area contributed by atoms with Gasteiger partial charge in [0.05, 0.1) is 17.1 Å². The molecule has 0 unspecified atom stereocenters. The smallest absolute Gasteiger partial charge is 0.253 e. The number of anilines is 1. The van der Waals surface area contributed by atoms with E-state index in [0.29, 0.717) is 11.3 Å². The van der Waals surface area contributed by atoms with Crippen LogP contribution < -0.4 is 5.32 Å². The highest BCUT2D eigenvalue weighted by Gasteiger charge is 2.16. The molecule has 5 nitrogen and oxygen atoms in total. The number of carbonyl (C=O) groups is 2. The normalized spacial score (nSPS) is 10.6. The second-order valence-electron chi connectivity index (χ2n) is 6.88. The van der Waals surface area contributed by atoms with E-state index in [2.05, 4.69) is 10.3 Å². The van der Waals surface area contributed by atoms with Crippen LogP contribution in [0.2, 0.25) is 0 Å². The van der Waals surface area contributed by atoms with E-state index in [9.17, 15) is 9.59 Å². The molecule has 0 spiro atoms. The number of hydrogen-bond donors (Lipinski definition) is 1. The van der Waals surface area contributed by atoms with E-state index in [-0.39, 0.29) is 18.2 Å². The van der Waals surface area contributed by atoms with Crippen LogP contribution in [0.25, 0.3) is 11.3 Å². The lowest BCUT2D eigenvalue weighted by molar-refractivity contribution is -0.115. The van der Waals surface area contributed by atoms with Crippen molar-refractivity contribution in [3.63, 3.8) is 0 Å². The molecule has 0 bridgehead atoms. The van der Waals surface area contributed by atoms with Crippen molar-refractivity contribution in [2.75, 3.05) is 19.4 Å². The predicted octanol–water partition coefficient (Wildman–Crippen LogP) is 4.31. The highest BCUT2D eigenvalue weighted by atomic mass is 32.1. The molecule has 0 aliphatic heterocycles. The average Bonchev–Trinajstić information content (AvgIpc) is 3.01. The molecule has 28 heavy (non-hydrogen) atoms. The molecule has 144 valence electrons. The molecule has 0 aliphatic rings. The summed E-state index contributed by atoms with van der Waals surface area (Å²) >= 11 is 1.53. The van der Waals surface area contributed by atoms with Crippen molar-refractivity contribution in [3.05, 3.63) is 69.5 Å². The van der Waals surface area contributed by atoms with E-state index < -0.39 is 0 Å². The first-order valence-electron chi connectivity index (χ1n) is 8.98. The molecule has 0 atom stereocenters. The molecule has 0 saturated carbocycles. The molecule has 1 N–H and O–H groups in total. The number of nitrogens with one attached hydrogen (secondary N) is 1. The first-order chi connectivity index (χ1) is 13.3. The monoisotopic (exact) mass is 393 g/mol. The predicted molar refractivity (Wildman–Crippen MR) is 114 cm³/mol. The maximum Gasteiger partial charge on any atom is 0.253 e. The minimum Gasteiger partial charge on any atom is -0.345 e. The summed E-state index contributed by atoms with van der Waals surface area (Å²) in [5.74, 6) is -0.234. The van der Waals surface area contributed by atoms with E-state index in [1.165, 1.54) is 21.8 Å². The van der Waals surface area contributed by atoms with Crippen molar-refractivity contribution in [3.8, 4) is 11.3 Å². The number of amides is 2. The van der Waals surface area contributed by atoms with Crippen molar-refractivity contribution in [2.24, 2.45) is 0 Å². The Morgan fingerprint density at radius 3 is 2.46 bits per heavy atom. The van der Waals surface area contributed by atoms with Gasteiger partial charge in [0.2, 0.25) is 5.91 Å². The van der Waals surface area contributed by atoms with E-state index in [4.69, 9.17) is 0 Å². The average molecular weight is 394 g/mol. The van der Waals surface area contributed by atoms with Crippen molar-refractivity contribution >= 4 is 28.8 Å². The number of aryl methyl sites for hydroxylation is 2. The van der Waals surface area contributed by atoms with E-state index >= 15 is 0 Å².